The predicted molar refractivity (Wildman–Crippen MR) is 262 cm³/mol. The van der Waals surface area contributed by atoms with E-state index < -0.39 is 10.8 Å². The number of benzene rings is 4. The molecule has 0 unspecified atom stereocenters. The topological polar surface area (TPSA) is 74.6 Å². The van der Waals surface area contributed by atoms with E-state index in [4.69, 9.17) is 0 Å². The predicted octanol–water partition coefficient (Wildman–Crippen LogP) is 15.2. The van der Waals surface area contributed by atoms with Crippen molar-refractivity contribution in [3.05, 3.63) is 167 Å². The number of hydrogen-bond acceptors (Lipinski definition) is 4. The minimum Gasteiger partial charge on any atom is -0.565 e. The van der Waals surface area contributed by atoms with Crippen LogP contribution in [0.15, 0.2) is 97.1 Å². The molecule has 338 valence electrons. The third-order valence-corrected chi connectivity index (χ3v) is 9.35. The van der Waals surface area contributed by atoms with Gasteiger partial charge in [0.25, 0.3) is 0 Å². The van der Waals surface area contributed by atoms with Crippen molar-refractivity contribution in [2.75, 3.05) is 0 Å². The van der Waals surface area contributed by atoms with Crippen LogP contribution in [0.2, 0.25) is 0 Å². The number of carbonyl (C=O) groups is 2. The number of rotatable bonds is 7. The Kier molecular flexibility index (Phi) is 45.7. The largest absolute Gasteiger partial charge is 0.565 e. The van der Waals surface area contributed by atoms with Gasteiger partial charge in [-0.15, -0.1) is 10.8 Å². The Balaban J connectivity index is -0.000000197. The molecule has 0 aliphatic heterocycles. The summed E-state index contributed by atoms with van der Waals surface area (Å²) < 4.78 is 0. The Bertz CT molecular complexity index is 1920. The molecule has 0 aromatic heterocycles. The first-order valence-corrected chi connectivity index (χ1v) is 22.1. The monoisotopic (exact) mass is 1480 g/mol. The Labute approximate surface area is 464 Å². The van der Waals surface area contributed by atoms with E-state index in [2.05, 4.69) is 24.0 Å². The van der Waals surface area contributed by atoms with Crippen LogP contribution in [-0.2, 0) is 66.0 Å². The van der Waals surface area contributed by atoms with Crippen molar-refractivity contribution in [1.82, 2.24) is 0 Å². The summed E-state index contributed by atoms with van der Waals surface area (Å²) in [4.78, 5) is 29.2. The fourth-order valence-electron chi connectivity index (χ4n) is 6.87. The van der Waals surface area contributed by atoms with Gasteiger partial charge >= 0.3 is 0 Å². The van der Waals surface area contributed by atoms with Gasteiger partial charge in [0.2, 0.25) is 0 Å². The van der Waals surface area contributed by atoms with Crippen molar-refractivity contribution in [1.29, 1.82) is 0 Å². The molecule has 0 spiro atoms. The molecule has 9 heteroatoms. The first-order chi connectivity index (χ1) is 27.4. The molecule has 0 atom stereocenters. The molecule has 4 nitrogen and oxygen atoms in total. The van der Waals surface area contributed by atoms with E-state index in [0.717, 1.165) is 73.2 Å². The molecule has 4 aromatic rings. The molecular formula is C53H73IO4U2V2-4. The van der Waals surface area contributed by atoms with Crippen LogP contribution in [0.1, 0.15) is 135 Å². The molecular weight excluding hydrogens is 1410 g/mol. The van der Waals surface area contributed by atoms with E-state index in [-0.39, 0.29) is 118 Å². The summed E-state index contributed by atoms with van der Waals surface area (Å²) in [6.45, 7) is 30.3. The molecule has 6 rings (SSSR count). The second kappa shape index (κ2) is 38.7. The van der Waals surface area contributed by atoms with E-state index >= 15 is 0 Å². The van der Waals surface area contributed by atoms with Crippen molar-refractivity contribution >= 4 is 56.4 Å². The average Bonchev–Trinajstić information content (AvgIpc) is 3.26. The van der Waals surface area contributed by atoms with Crippen molar-refractivity contribution in [3.63, 3.8) is 0 Å². The summed E-state index contributed by atoms with van der Waals surface area (Å²) in [6, 6.07) is 32.0. The van der Waals surface area contributed by atoms with Crippen LogP contribution in [0.4, 0.5) is 0 Å². The molecule has 2 aliphatic carbocycles. The van der Waals surface area contributed by atoms with E-state index in [1.54, 1.807) is 0 Å². The van der Waals surface area contributed by atoms with Crippen molar-refractivity contribution in [2.45, 2.75) is 116 Å². The van der Waals surface area contributed by atoms with Crippen LogP contribution in [0, 0.1) is 106 Å². The van der Waals surface area contributed by atoms with Crippen LogP contribution in [-0.4, -0.2) is 21.8 Å². The number of hydrogen-bond donors (Lipinski definition) is 2. The van der Waals surface area contributed by atoms with Crippen molar-refractivity contribution in [2.24, 2.45) is 10.8 Å². The molecule has 4 aromatic carbocycles. The minimum atomic E-state index is -0.609. The Morgan fingerprint density at radius 1 is 0.548 bits per heavy atom. The molecule has 0 saturated heterocycles. The fraction of sp³-hybridized carbons (Fsp3) is 0.358. The first kappa shape index (κ1) is 73.2. The summed E-state index contributed by atoms with van der Waals surface area (Å²) in [5.41, 5.74) is 10.4. The fourth-order valence-corrected chi connectivity index (χ4v) is 6.87. The zero-order chi connectivity index (χ0) is 43.9. The van der Waals surface area contributed by atoms with Crippen LogP contribution >= 0.6 is 22.6 Å². The van der Waals surface area contributed by atoms with Gasteiger partial charge in [0.1, 0.15) is 0 Å². The average molecular weight is 1480 g/mol. The van der Waals surface area contributed by atoms with Gasteiger partial charge in [-0.25, -0.2) is 13.2 Å². The number of carbonyl (C=O) groups excluding carboxylic acids is 2. The zero-order valence-corrected chi connectivity index (χ0v) is 53.5. The maximum absolute atomic E-state index is 13.0. The zero-order valence-electron chi connectivity index (χ0n) is 40.2. The number of allylic oxidation sites excluding steroid dienone is 2. The smallest absolute Gasteiger partial charge is 0.168 e. The molecule has 2 aliphatic rings. The van der Waals surface area contributed by atoms with E-state index in [0.29, 0.717) is 12.8 Å². The SMILES string of the molecule is CC.CC.CC.CC.CCc1ccccc1C1=C(C(C)(C)[CH-]O)c2ccccc2CC1=O.Cc1ccccc1C1=C(C(C)(C)[CH-]O)c2ccccc2CC1=O.[CH2-]I.[CH3-].[U].[U].[V].[V]. The van der Waals surface area contributed by atoms with Crippen LogP contribution in [0.3, 0.4) is 0 Å². The van der Waals surface area contributed by atoms with Crippen LogP contribution < -0.4 is 0 Å². The second-order valence-electron chi connectivity index (χ2n) is 13.5. The van der Waals surface area contributed by atoms with Gasteiger partial charge in [-0.1, -0.05) is 198 Å². The van der Waals surface area contributed by atoms with Crippen LogP contribution in [0.5, 0.6) is 0 Å². The number of aliphatic hydroxyl groups is 2. The Morgan fingerprint density at radius 3 is 1.18 bits per heavy atom. The van der Waals surface area contributed by atoms with Gasteiger partial charge in [-0.3, -0.25) is 14.5 Å². The molecule has 62 heavy (non-hydrogen) atoms. The summed E-state index contributed by atoms with van der Waals surface area (Å²) in [6.07, 6.45) is 1.69. The molecule has 2 radical (unpaired) electrons. The Hall–Kier alpha value is -0.377. The van der Waals surface area contributed by atoms with Crippen molar-refractivity contribution < 1.29 is 119 Å². The number of aryl methyl sites for hydroxylation is 2. The van der Waals surface area contributed by atoms with Gasteiger partial charge in [0, 0.05) is 123 Å². The molecule has 0 fully saturated rings. The van der Waals surface area contributed by atoms with Gasteiger partial charge in [0.05, 0.1) is 0 Å². The standard InChI is InChI=1S/C22H23O2.C21H21O2.4C2H6.CH2I.CH3.2U.2V/c1-4-15-9-5-7-11-17(15)20-19(24)13-16-10-6-8-12-18(16)21(20)22(2,3)14-23;1-14-8-4-6-10-16(14)19-18(23)12-15-9-5-7-11-17(15)20(19)21(2,3)13-22;5*1-2;;;;;/h5-12,14,23H,4,13H2,1-3H3;4-11,13,22H,12H2,1-3H3;4*1-2H3;1H2;1H3;;;;/q2*-1;;;;;2*-1;;;;. The summed E-state index contributed by atoms with van der Waals surface area (Å²) in [5, 5.41) is 19.7. The normalized spacial score (nSPS) is 11.7. The minimum absolute atomic E-state index is 0. The van der Waals surface area contributed by atoms with Crippen molar-refractivity contribution in [3.8, 4) is 0 Å². The van der Waals surface area contributed by atoms with Gasteiger partial charge in [0.15, 0.2) is 11.6 Å². The third kappa shape index (κ3) is 19.1. The number of aliphatic hydroxyl groups excluding tert-OH is 2. The van der Waals surface area contributed by atoms with Gasteiger partial charge in [-0.2, -0.15) is 0 Å². The molecule has 0 amide bonds. The summed E-state index contributed by atoms with van der Waals surface area (Å²) in [7, 11) is 0. The Morgan fingerprint density at radius 2 is 0.839 bits per heavy atom. The van der Waals surface area contributed by atoms with Crippen LogP contribution in [0.25, 0.3) is 22.3 Å². The molecule has 0 saturated carbocycles. The molecule has 0 bridgehead atoms. The maximum Gasteiger partial charge on any atom is 0.168 e. The molecule has 0 heterocycles. The maximum atomic E-state index is 13.0. The van der Waals surface area contributed by atoms with E-state index in [9.17, 15) is 19.8 Å². The quantitative estimate of drug-likeness (QED) is 0.143. The summed E-state index contributed by atoms with van der Waals surface area (Å²) >= 11 is 1.90. The number of ketones is 2. The number of Topliss-reactive ketones (excluding diaryl/α,β-unsaturated/α-hetero) is 2. The third-order valence-electron chi connectivity index (χ3n) is 9.35. The number of halogens is 1. The van der Waals surface area contributed by atoms with Gasteiger partial charge in [-0.05, 0) is 57.9 Å². The summed E-state index contributed by atoms with van der Waals surface area (Å²) in [5.74, 6) is 0.238. The van der Waals surface area contributed by atoms with E-state index in [1.807, 2.05) is 198 Å². The first-order valence-electron chi connectivity index (χ1n) is 20.6. The molecule has 2 N–H and O–H groups in total. The number of fused-ring (bicyclic) bond motifs is 2. The van der Waals surface area contributed by atoms with Gasteiger partial charge < -0.3 is 40.2 Å². The second-order valence-corrected chi connectivity index (χ2v) is 13.5. The van der Waals surface area contributed by atoms with E-state index in [1.165, 1.54) is 13.2 Å².